The number of nitrogens with zero attached hydrogens (tertiary/aromatic N) is 1. The van der Waals surface area contributed by atoms with E-state index < -0.39 is 0 Å². The summed E-state index contributed by atoms with van der Waals surface area (Å²) >= 11 is 0. The lowest BCUT2D eigenvalue weighted by Gasteiger charge is -2.32. The van der Waals surface area contributed by atoms with Gasteiger partial charge in [0.2, 0.25) is 0 Å². The van der Waals surface area contributed by atoms with Crippen LogP contribution in [-0.2, 0) is 17.3 Å². The van der Waals surface area contributed by atoms with Gasteiger partial charge in [0.05, 0.1) is 7.11 Å². The molecular weight excluding hydrogens is 216 g/mol. The van der Waals surface area contributed by atoms with E-state index in [4.69, 9.17) is 10.5 Å². The molecule has 1 aliphatic carbocycles. The summed E-state index contributed by atoms with van der Waals surface area (Å²) in [4.78, 5) is 11.6. The molecule has 0 saturated heterocycles. The molecule has 1 aliphatic rings. The maximum Gasteiger partial charge on any atom is 0.354 e. The maximum absolute atomic E-state index is 11.6. The van der Waals surface area contributed by atoms with Crippen LogP contribution in [0.1, 0.15) is 48.2 Å². The smallest absolute Gasteiger partial charge is 0.354 e. The lowest BCUT2D eigenvalue weighted by atomic mass is 9.78. The van der Waals surface area contributed by atoms with Crippen molar-refractivity contribution in [2.45, 2.75) is 37.6 Å². The Morgan fingerprint density at radius 2 is 2.06 bits per heavy atom. The van der Waals surface area contributed by atoms with Gasteiger partial charge >= 0.3 is 5.97 Å². The first kappa shape index (κ1) is 12.2. The quantitative estimate of drug-likeness (QED) is 0.798. The fourth-order valence-corrected chi connectivity index (χ4v) is 2.62. The van der Waals surface area contributed by atoms with Crippen molar-refractivity contribution in [1.29, 1.82) is 0 Å². The van der Waals surface area contributed by atoms with Gasteiger partial charge in [0.15, 0.2) is 0 Å². The van der Waals surface area contributed by atoms with Gasteiger partial charge in [0, 0.05) is 18.8 Å². The molecule has 0 amide bonds. The first-order valence-electron chi connectivity index (χ1n) is 6.11. The Morgan fingerprint density at radius 1 is 1.41 bits per heavy atom. The summed E-state index contributed by atoms with van der Waals surface area (Å²) in [5.41, 5.74) is 7.80. The monoisotopic (exact) mass is 236 g/mol. The highest BCUT2D eigenvalue weighted by molar-refractivity contribution is 5.88. The van der Waals surface area contributed by atoms with Gasteiger partial charge in [-0.25, -0.2) is 4.79 Å². The predicted octanol–water partition coefficient (Wildman–Crippen LogP) is 1.93. The van der Waals surface area contributed by atoms with E-state index in [2.05, 4.69) is 0 Å². The van der Waals surface area contributed by atoms with Gasteiger partial charge in [-0.2, -0.15) is 0 Å². The molecule has 17 heavy (non-hydrogen) atoms. The van der Waals surface area contributed by atoms with Gasteiger partial charge in [0.25, 0.3) is 0 Å². The van der Waals surface area contributed by atoms with E-state index in [-0.39, 0.29) is 11.5 Å². The van der Waals surface area contributed by atoms with Gasteiger partial charge < -0.3 is 15.0 Å². The summed E-state index contributed by atoms with van der Waals surface area (Å²) in [6.07, 6.45) is 7.54. The molecule has 1 heterocycles. The highest BCUT2D eigenvalue weighted by Crippen LogP contribution is 2.35. The number of methoxy groups -OCH3 is 1. The highest BCUT2D eigenvalue weighted by atomic mass is 16.5. The number of aryl methyl sites for hydroxylation is 1. The van der Waals surface area contributed by atoms with Crippen molar-refractivity contribution >= 4 is 5.97 Å². The van der Waals surface area contributed by atoms with E-state index in [0.717, 1.165) is 18.4 Å². The van der Waals surface area contributed by atoms with Gasteiger partial charge in [-0.3, -0.25) is 0 Å². The van der Waals surface area contributed by atoms with E-state index in [1.54, 1.807) is 4.57 Å². The van der Waals surface area contributed by atoms with E-state index in [0.29, 0.717) is 5.69 Å². The van der Waals surface area contributed by atoms with Crippen LogP contribution in [0.2, 0.25) is 0 Å². The van der Waals surface area contributed by atoms with Crippen LogP contribution in [0, 0.1) is 0 Å². The topological polar surface area (TPSA) is 57.2 Å². The Hall–Kier alpha value is -1.29. The fourth-order valence-electron chi connectivity index (χ4n) is 2.62. The first-order valence-corrected chi connectivity index (χ1v) is 6.11. The van der Waals surface area contributed by atoms with Gasteiger partial charge in [-0.15, -0.1) is 0 Å². The molecule has 0 radical (unpaired) electrons. The summed E-state index contributed by atoms with van der Waals surface area (Å²) in [7, 11) is 3.25. The second-order valence-electron chi connectivity index (χ2n) is 4.93. The molecule has 0 aromatic carbocycles. The number of carbonyl (C=O) groups is 1. The Bertz CT molecular complexity index is 417. The summed E-state index contributed by atoms with van der Waals surface area (Å²) in [5.74, 6) is -0.307. The van der Waals surface area contributed by atoms with Crippen LogP contribution in [0.25, 0.3) is 0 Å². The van der Waals surface area contributed by atoms with Crippen molar-refractivity contribution in [3.63, 3.8) is 0 Å². The lowest BCUT2D eigenvalue weighted by molar-refractivity contribution is 0.0590. The Labute approximate surface area is 102 Å². The molecule has 0 bridgehead atoms. The van der Waals surface area contributed by atoms with Gasteiger partial charge in [-0.1, -0.05) is 19.3 Å². The van der Waals surface area contributed by atoms with Crippen LogP contribution in [0.3, 0.4) is 0 Å². The maximum atomic E-state index is 11.6. The third kappa shape index (κ3) is 2.22. The van der Waals surface area contributed by atoms with Crippen molar-refractivity contribution in [3.8, 4) is 0 Å². The number of rotatable bonds is 2. The van der Waals surface area contributed by atoms with E-state index in [9.17, 15) is 4.79 Å². The number of nitrogens with two attached hydrogens (primary N) is 1. The molecule has 1 aromatic heterocycles. The minimum Gasteiger partial charge on any atom is -0.464 e. The van der Waals surface area contributed by atoms with Crippen LogP contribution >= 0.6 is 0 Å². The molecule has 0 spiro atoms. The summed E-state index contributed by atoms with van der Waals surface area (Å²) < 4.78 is 6.55. The largest absolute Gasteiger partial charge is 0.464 e. The molecule has 4 heteroatoms. The molecule has 4 nitrogen and oxygen atoms in total. The molecule has 94 valence electrons. The Morgan fingerprint density at radius 3 is 2.65 bits per heavy atom. The molecule has 0 unspecified atom stereocenters. The van der Waals surface area contributed by atoms with Crippen molar-refractivity contribution in [1.82, 2.24) is 4.57 Å². The zero-order valence-electron chi connectivity index (χ0n) is 10.5. The second-order valence-corrected chi connectivity index (χ2v) is 4.93. The van der Waals surface area contributed by atoms with E-state index >= 15 is 0 Å². The van der Waals surface area contributed by atoms with Gasteiger partial charge in [0.1, 0.15) is 5.69 Å². The summed E-state index contributed by atoms with van der Waals surface area (Å²) in [6.45, 7) is 0. The van der Waals surface area contributed by atoms with Crippen LogP contribution < -0.4 is 5.73 Å². The summed E-state index contributed by atoms with van der Waals surface area (Å²) in [6, 6.07) is 1.87. The Balaban J connectivity index is 2.30. The molecule has 2 N–H and O–H groups in total. The highest BCUT2D eigenvalue weighted by Gasteiger charge is 2.31. The average molecular weight is 236 g/mol. The molecule has 0 aliphatic heterocycles. The number of ether oxygens (including phenoxy) is 1. The Kier molecular flexibility index (Phi) is 3.24. The molecule has 1 fully saturated rings. The van der Waals surface area contributed by atoms with Gasteiger partial charge in [-0.05, 0) is 24.5 Å². The standard InChI is InChI=1S/C13H20N2O2/c1-15-9-10(8-11(15)12(16)17-2)13(14)6-4-3-5-7-13/h8-9H,3-7,14H2,1-2H3. The fraction of sp³-hybridized carbons (Fsp3) is 0.615. The molecule has 0 atom stereocenters. The predicted molar refractivity (Wildman–Crippen MR) is 65.7 cm³/mol. The average Bonchev–Trinajstić information content (AvgIpc) is 2.72. The number of carbonyl (C=O) groups excluding carboxylic acids is 1. The van der Waals surface area contributed by atoms with Crippen molar-refractivity contribution in [2.75, 3.05) is 7.11 Å². The molecule has 2 rings (SSSR count). The third-order valence-electron chi connectivity index (χ3n) is 3.72. The number of esters is 1. The second kappa shape index (κ2) is 4.53. The molecule has 1 saturated carbocycles. The van der Waals surface area contributed by atoms with Crippen molar-refractivity contribution in [3.05, 3.63) is 23.5 Å². The minimum atomic E-state index is -0.307. The third-order valence-corrected chi connectivity index (χ3v) is 3.72. The van der Waals surface area contributed by atoms with E-state index in [1.807, 2.05) is 19.3 Å². The van der Waals surface area contributed by atoms with Crippen LogP contribution in [0.5, 0.6) is 0 Å². The van der Waals surface area contributed by atoms with E-state index in [1.165, 1.54) is 26.4 Å². The SMILES string of the molecule is COC(=O)c1cc(C2(N)CCCCC2)cn1C. The van der Waals surface area contributed by atoms with Crippen LogP contribution in [-0.4, -0.2) is 17.6 Å². The molecular formula is C13H20N2O2. The lowest BCUT2D eigenvalue weighted by Crippen LogP contribution is -2.38. The summed E-state index contributed by atoms with van der Waals surface area (Å²) in [5, 5.41) is 0. The van der Waals surface area contributed by atoms with Crippen molar-refractivity contribution < 1.29 is 9.53 Å². The van der Waals surface area contributed by atoms with Crippen LogP contribution in [0.15, 0.2) is 12.3 Å². The van der Waals surface area contributed by atoms with Crippen molar-refractivity contribution in [2.24, 2.45) is 12.8 Å². The zero-order chi connectivity index (χ0) is 12.5. The normalized spacial score (nSPS) is 19.0. The number of aromatic nitrogens is 1. The minimum absolute atomic E-state index is 0.262. The first-order chi connectivity index (χ1) is 8.07. The zero-order valence-corrected chi connectivity index (χ0v) is 10.5. The van der Waals surface area contributed by atoms with Crippen LogP contribution in [0.4, 0.5) is 0 Å². The molecule has 1 aromatic rings. The number of hydrogen-bond donors (Lipinski definition) is 1. The number of hydrogen-bond acceptors (Lipinski definition) is 3.